The van der Waals surface area contributed by atoms with E-state index in [4.69, 9.17) is 58.0 Å². The third-order valence-electron chi connectivity index (χ3n) is 2.93. The zero-order chi connectivity index (χ0) is 18.1. The van der Waals surface area contributed by atoms with Crippen molar-refractivity contribution in [3.05, 3.63) is 56.5 Å². The van der Waals surface area contributed by atoms with Crippen molar-refractivity contribution in [3.8, 4) is 0 Å². The summed E-state index contributed by atoms with van der Waals surface area (Å²) in [6.07, 6.45) is 0. The molecule has 0 atom stereocenters. The highest BCUT2D eigenvalue weighted by Gasteiger charge is 2.28. The van der Waals surface area contributed by atoms with E-state index in [0.29, 0.717) is 5.02 Å². The Morgan fingerprint density at radius 3 is 2.12 bits per heavy atom. The van der Waals surface area contributed by atoms with Gasteiger partial charge in [0.1, 0.15) is 6.54 Å². The summed E-state index contributed by atoms with van der Waals surface area (Å²) in [6, 6.07) is 7.95. The zero-order valence-corrected chi connectivity index (χ0v) is 16.2. The van der Waals surface area contributed by atoms with Gasteiger partial charge in [-0.25, -0.2) is 8.42 Å². The second-order valence-corrected chi connectivity index (χ2v) is 8.48. The van der Waals surface area contributed by atoms with E-state index < -0.39 is 21.8 Å². The first-order valence-electron chi connectivity index (χ1n) is 6.24. The number of halogens is 5. The van der Waals surface area contributed by atoms with Crippen LogP contribution >= 0.6 is 58.0 Å². The first kappa shape index (κ1) is 19.6. The largest absolute Gasteiger partial charge is 0.279 e. The van der Waals surface area contributed by atoms with Crippen LogP contribution in [-0.2, 0) is 14.8 Å². The van der Waals surface area contributed by atoms with Crippen molar-refractivity contribution in [2.75, 3.05) is 10.8 Å². The van der Waals surface area contributed by atoms with Crippen LogP contribution < -0.4 is 4.31 Å². The Labute approximate surface area is 163 Å². The minimum Gasteiger partial charge on any atom is -0.279 e. The maximum absolute atomic E-state index is 12.9. The lowest BCUT2D eigenvalue weighted by atomic mass is 10.3. The van der Waals surface area contributed by atoms with Crippen molar-refractivity contribution >= 4 is 79.0 Å². The van der Waals surface area contributed by atoms with Gasteiger partial charge in [-0.1, -0.05) is 46.4 Å². The van der Waals surface area contributed by atoms with Crippen LogP contribution in [0.4, 0.5) is 5.69 Å². The van der Waals surface area contributed by atoms with Crippen LogP contribution in [0, 0.1) is 0 Å². The molecule has 0 N–H and O–H groups in total. The van der Waals surface area contributed by atoms with Gasteiger partial charge >= 0.3 is 0 Å². The normalized spacial score (nSPS) is 11.4. The fraction of sp³-hybridized carbons (Fsp3) is 0.0714. The summed E-state index contributed by atoms with van der Waals surface area (Å²) < 4.78 is 26.6. The number of anilines is 1. The van der Waals surface area contributed by atoms with Crippen LogP contribution in [0.15, 0.2) is 41.3 Å². The molecular formula is C14H8Cl5NO3S. The Morgan fingerprint density at radius 1 is 0.917 bits per heavy atom. The maximum Gasteiger partial charge on any atom is 0.264 e. The average Bonchev–Trinajstić information content (AvgIpc) is 2.48. The molecule has 4 nitrogen and oxygen atoms in total. The summed E-state index contributed by atoms with van der Waals surface area (Å²) in [7, 11) is -4.17. The Hall–Kier alpha value is -0.690. The van der Waals surface area contributed by atoms with E-state index in [9.17, 15) is 13.2 Å². The summed E-state index contributed by atoms with van der Waals surface area (Å²) in [5.74, 6) is 0. The lowest BCUT2D eigenvalue weighted by Crippen LogP contribution is -2.34. The van der Waals surface area contributed by atoms with Gasteiger partial charge in [0, 0.05) is 5.02 Å². The molecule has 2 aromatic carbocycles. The molecule has 0 aliphatic carbocycles. The van der Waals surface area contributed by atoms with Crippen molar-refractivity contribution in [2.24, 2.45) is 0 Å². The van der Waals surface area contributed by atoms with Crippen molar-refractivity contribution in [3.63, 3.8) is 0 Å². The number of rotatable bonds is 5. The molecule has 0 saturated carbocycles. The van der Waals surface area contributed by atoms with Crippen LogP contribution in [0.3, 0.4) is 0 Å². The Balaban J connectivity index is 2.61. The molecule has 128 valence electrons. The molecule has 0 saturated heterocycles. The number of sulfonamides is 1. The molecule has 0 bridgehead atoms. The monoisotopic (exact) mass is 445 g/mol. The summed E-state index contributed by atoms with van der Waals surface area (Å²) in [6.45, 7) is -0.620. The van der Waals surface area contributed by atoms with E-state index in [1.807, 2.05) is 0 Å². The smallest absolute Gasteiger partial charge is 0.264 e. The highest BCUT2D eigenvalue weighted by molar-refractivity contribution is 7.92. The first-order valence-corrected chi connectivity index (χ1v) is 9.57. The van der Waals surface area contributed by atoms with E-state index in [2.05, 4.69) is 0 Å². The topological polar surface area (TPSA) is 54.5 Å². The van der Waals surface area contributed by atoms with Gasteiger partial charge in [-0.05, 0) is 48.0 Å². The third-order valence-corrected chi connectivity index (χ3v) is 6.08. The molecule has 0 radical (unpaired) electrons. The average molecular weight is 448 g/mol. The molecule has 0 heterocycles. The molecule has 0 spiro atoms. The van der Waals surface area contributed by atoms with E-state index in [-0.39, 0.29) is 25.7 Å². The number of carbonyl (C=O) groups is 1. The van der Waals surface area contributed by atoms with Crippen molar-refractivity contribution in [1.29, 1.82) is 0 Å². The van der Waals surface area contributed by atoms with Crippen LogP contribution in [0.2, 0.25) is 20.1 Å². The van der Waals surface area contributed by atoms with Gasteiger partial charge in [0.2, 0.25) is 5.24 Å². The molecule has 0 amide bonds. The number of carbonyl (C=O) groups excluding carboxylic acids is 1. The quantitative estimate of drug-likeness (QED) is 0.588. The van der Waals surface area contributed by atoms with Crippen molar-refractivity contribution in [2.45, 2.75) is 4.90 Å². The summed E-state index contributed by atoms with van der Waals surface area (Å²) in [5.41, 5.74) is 0.0566. The molecule has 0 fully saturated rings. The Morgan fingerprint density at radius 2 is 1.58 bits per heavy atom. The van der Waals surface area contributed by atoms with Crippen LogP contribution in [0.25, 0.3) is 0 Å². The first-order chi connectivity index (χ1) is 11.1. The highest BCUT2D eigenvalue weighted by atomic mass is 35.5. The highest BCUT2D eigenvalue weighted by Crippen LogP contribution is 2.34. The second-order valence-electron chi connectivity index (χ2n) is 4.54. The second kappa shape index (κ2) is 7.68. The Kier molecular flexibility index (Phi) is 6.29. The van der Waals surface area contributed by atoms with Gasteiger partial charge in [-0.15, -0.1) is 0 Å². The lowest BCUT2D eigenvalue weighted by Gasteiger charge is -2.24. The minimum absolute atomic E-state index is 0.0454. The van der Waals surface area contributed by atoms with E-state index in [1.54, 1.807) is 0 Å². The van der Waals surface area contributed by atoms with Gasteiger partial charge in [0.25, 0.3) is 10.0 Å². The van der Waals surface area contributed by atoms with Crippen molar-refractivity contribution < 1.29 is 13.2 Å². The fourth-order valence-electron chi connectivity index (χ4n) is 1.86. The summed E-state index contributed by atoms with van der Waals surface area (Å²) >= 11 is 29.0. The summed E-state index contributed by atoms with van der Waals surface area (Å²) in [4.78, 5) is 11.2. The van der Waals surface area contributed by atoms with E-state index >= 15 is 0 Å². The molecule has 24 heavy (non-hydrogen) atoms. The maximum atomic E-state index is 12.9. The van der Waals surface area contributed by atoms with Gasteiger partial charge in [0.15, 0.2) is 0 Å². The minimum atomic E-state index is -4.17. The number of hydrogen-bond acceptors (Lipinski definition) is 3. The molecule has 2 rings (SSSR count). The number of benzene rings is 2. The number of hydrogen-bond donors (Lipinski definition) is 0. The fourth-order valence-corrected chi connectivity index (χ4v) is 4.44. The summed E-state index contributed by atoms with van der Waals surface area (Å²) in [5, 5.41) is -0.279. The molecule has 0 unspecified atom stereocenters. The molecule has 0 aromatic heterocycles. The molecule has 2 aromatic rings. The van der Waals surface area contributed by atoms with E-state index in [1.165, 1.54) is 36.4 Å². The molecule has 0 aliphatic heterocycles. The van der Waals surface area contributed by atoms with Gasteiger partial charge in [-0.3, -0.25) is 9.10 Å². The lowest BCUT2D eigenvalue weighted by molar-refractivity contribution is -0.110. The standard InChI is InChI=1S/C14H8Cl5NO3S/c15-8-1-4-13(12(18)5-8)20(7-14(19)21)24(22,23)9-2-3-10(16)11(17)6-9/h1-6H,7H2. The molecule has 0 aliphatic rings. The van der Waals surface area contributed by atoms with Crippen LogP contribution in [0.1, 0.15) is 0 Å². The predicted octanol–water partition coefficient (Wildman–Crippen LogP) is 5.26. The van der Waals surface area contributed by atoms with Gasteiger partial charge in [0.05, 0.1) is 25.7 Å². The van der Waals surface area contributed by atoms with E-state index in [0.717, 1.165) is 4.31 Å². The Bertz CT molecular complexity index is 901. The predicted molar refractivity (Wildman–Crippen MR) is 98.3 cm³/mol. The van der Waals surface area contributed by atoms with Crippen molar-refractivity contribution in [1.82, 2.24) is 0 Å². The molecule has 10 heteroatoms. The number of nitrogens with zero attached hydrogens (tertiary/aromatic N) is 1. The van der Waals surface area contributed by atoms with Gasteiger partial charge < -0.3 is 0 Å². The third kappa shape index (κ3) is 4.28. The van der Waals surface area contributed by atoms with Crippen LogP contribution in [-0.4, -0.2) is 20.2 Å². The van der Waals surface area contributed by atoms with Gasteiger partial charge in [-0.2, -0.15) is 0 Å². The zero-order valence-electron chi connectivity index (χ0n) is 11.6. The SMILES string of the molecule is O=C(Cl)CN(c1ccc(Cl)cc1Cl)S(=O)(=O)c1ccc(Cl)c(Cl)c1. The molecular weight excluding hydrogens is 439 g/mol. The van der Waals surface area contributed by atoms with Crippen LogP contribution in [0.5, 0.6) is 0 Å².